The van der Waals surface area contributed by atoms with Crippen LogP contribution in [0.4, 0.5) is 0 Å². The van der Waals surface area contributed by atoms with Crippen LogP contribution in [-0.2, 0) is 24.0 Å². The van der Waals surface area contributed by atoms with Crippen molar-refractivity contribution in [3.05, 3.63) is 35.9 Å². The lowest BCUT2D eigenvalue weighted by Gasteiger charge is -2.32. The maximum atomic E-state index is 13.5. The number of carbonyl (C=O) groups excluding carboxylic acids is 5. The SMILES string of the molecule is CC[C@@H]1NC(=O)[C@@H]2[C@H](Cl)[C@H](Cl)CN2C(=O)[C@H]([C@H](C)O)NC(=O)C[C@@H](c2ccccc2)NC(=O)[C@H](CO)NC1=O. The van der Waals surface area contributed by atoms with Gasteiger partial charge in [0.05, 0.1) is 35.9 Å². The Balaban J connectivity index is 2.03. The van der Waals surface area contributed by atoms with Crippen LogP contribution < -0.4 is 21.3 Å². The second-order valence-corrected chi connectivity index (χ2v) is 10.6. The van der Waals surface area contributed by atoms with E-state index in [0.29, 0.717) is 5.56 Å². The molecule has 39 heavy (non-hydrogen) atoms. The second kappa shape index (κ2) is 13.4. The Hall–Kier alpha value is -2.93. The molecule has 0 aromatic heterocycles. The first kappa shape index (κ1) is 30.6. The Kier molecular flexibility index (Phi) is 10.5. The van der Waals surface area contributed by atoms with Crippen LogP contribution in [0.3, 0.4) is 0 Å². The van der Waals surface area contributed by atoms with Crippen LogP contribution in [0.5, 0.6) is 0 Å². The van der Waals surface area contributed by atoms with Crippen molar-refractivity contribution in [3.63, 3.8) is 0 Å². The molecule has 5 amide bonds. The molecule has 2 aliphatic rings. The lowest BCUT2D eigenvalue weighted by Crippen LogP contribution is -2.61. The maximum Gasteiger partial charge on any atom is 0.248 e. The van der Waals surface area contributed by atoms with Gasteiger partial charge in [0.2, 0.25) is 29.5 Å². The van der Waals surface area contributed by atoms with E-state index in [0.717, 1.165) is 4.90 Å². The number of fused-ring (bicyclic) bond motifs is 1. The van der Waals surface area contributed by atoms with Crippen LogP contribution >= 0.6 is 23.2 Å². The van der Waals surface area contributed by atoms with Crippen LogP contribution in [0.15, 0.2) is 30.3 Å². The van der Waals surface area contributed by atoms with E-state index in [-0.39, 0.29) is 19.4 Å². The molecule has 0 unspecified atom stereocenters. The van der Waals surface area contributed by atoms with Crippen molar-refractivity contribution in [3.8, 4) is 0 Å². The quantitative estimate of drug-likeness (QED) is 0.243. The number of aliphatic hydroxyl groups is 2. The van der Waals surface area contributed by atoms with Gasteiger partial charge in [0, 0.05) is 6.54 Å². The van der Waals surface area contributed by atoms with Gasteiger partial charge in [0.1, 0.15) is 24.2 Å². The summed E-state index contributed by atoms with van der Waals surface area (Å²) in [5.74, 6) is -3.75. The molecule has 3 rings (SSSR count). The Bertz CT molecular complexity index is 1080. The Morgan fingerprint density at radius 3 is 2.15 bits per heavy atom. The van der Waals surface area contributed by atoms with Crippen molar-refractivity contribution in [1.82, 2.24) is 26.2 Å². The minimum atomic E-state index is -1.45. The molecule has 8 atom stereocenters. The molecule has 2 heterocycles. The molecule has 14 heteroatoms. The number of nitrogens with zero attached hydrogens (tertiary/aromatic N) is 1. The van der Waals surface area contributed by atoms with Gasteiger partial charge >= 0.3 is 0 Å². The smallest absolute Gasteiger partial charge is 0.248 e. The molecule has 0 bridgehead atoms. The van der Waals surface area contributed by atoms with Gasteiger partial charge in [-0.25, -0.2) is 0 Å². The van der Waals surface area contributed by atoms with Crippen molar-refractivity contribution in [1.29, 1.82) is 0 Å². The Morgan fingerprint density at radius 1 is 0.949 bits per heavy atom. The molecule has 6 N–H and O–H groups in total. The number of amides is 5. The minimum Gasteiger partial charge on any atom is -0.394 e. The molecular weight excluding hydrogens is 553 g/mol. The van der Waals surface area contributed by atoms with Crippen molar-refractivity contribution in [2.75, 3.05) is 13.2 Å². The van der Waals surface area contributed by atoms with Crippen LogP contribution in [0.25, 0.3) is 0 Å². The van der Waals surface area contributed by atoms with E-state index in [1.54, 1.807) is 37.3 Å². The number of nitrogens with one attached hydrogen (secondary N) is 4. The Morgan fingerprint density at radius 2 is 1.56 bits per heavy atom. The third-order valence-corrected chi connectivity index (χ3v) is 7.82. The fraction of sp³-hybridized carbons (Fsp3) is 0.560. The Labute approximate surface area is 235 Å². The summed E-state index contributed by atoms with van der Waals surface area (Å²) >= 11 is 12.7. The van der Waals surface area contributed by atoms with E-state index in [1.165, 1.54) is 6.92 Å². The number of carbonyl (C=O) groups is 5. The first-order valence-corrected chi connectivity index (χ1v) is 13.5. The summed E-state index contributed by atoms with van der Waals surface area (Å²) < 4.78 is 0. The predicted molar refractivity (Wildman–Crippen MR) is 142 cm³/mol. The average Bonchev–Trinajstić information content (AvgIpc) is 3.21. The second-order valence-electron chi connectivity index (χ2n) is 9.57. The molecule has 0 saturated carbocycles. The third-order valence-electron chi connectivity index (χ3n) is 6.74. The molecule has 2 saturated heterocycles. The minimum absolute atomic E-state index is 0.119. The topological polar surface area (TPSA) is 177 Å². The number of alkyl halides is 2. The van der Waals surface area contributed by atoms with Gasteiger partial charge in [0.25, 0.3) is 0 Å². The third kappa shape index (κ3) is 7.18. The number of aliphatic hydroxyl groups excluding tert-OH is 2. The van der Waals surface area contributed by atoms with Crippen molar-refractivity contribution in [2.24, 2.45) is 0 Å². The summed E-state index contributed by atoms with van der Waals surface area (Å²) in [6.45, 7) is 2.05. The molecule has 0 aliphatic carbocycles. The number of hydrogen-bond donors (Lipinski definition) is 6. The summed E-state index contributed by atoms with van der Waals surface area (Å²) in [7, 11) is 0. The molecule has 1 aromatic carbocycles. The van der Waals surface area contributed by atoms with Gasteiger partial charge in [0.15, 0.2) is 0 Å². The van der Waals surface area contributed by atoms with E-state index < -0.39 is 83.2 Å². The van der Waals surface area contributed by atoms with E-state index >= 15 is 0 Å². The number of hydrogen-bond acceptors (Lipinski definition) is 7. The standard InChI is InChI=1S/C25H33Cl2N5O7/c1-3-15-22(36)30-17(11-33)23(37)29-16(13-7-5-4-6-8-13)9-18(35)31-20(12(2)34)25(39)32-10-14(26)19(27)21(32)24(38)28-15/h4-8,12,14-17,19-21,33-34H,3,9-11H2,1-2H3,(H,28,38)(H,29,37)(H,30,36)(H,31,35)/t12-,14+,15-,16-,17-,19+,20-,21-/m0/s1. The van der Waals surface area contributed by atoms with Gasteiger partial charge in [-0.1, -0.05) is 37.3 Å². The normalized spacial score (nSPS) is 32.0. The molecule has 2 aliphatic heterocycles. The number of rotatable bonds is 4. The zero-order valence-electron chi connectivity index (χ0n) is 21.5. The first-order chi connectivity index (χ1) is 18.5. The molecule has 12 nitrogen and oxygen atoms in total. The highest BCUT2D eigenvalue weighted by molar-refractivity contribution is 6.32. The van der Waals surface area contributed by atoms with E-state index in [2.05, 4.69) is 21.3 Å². The highest BCUT2D eigenvalue weighted by Crippen LogP contribution is 2.29. The first-order valence-electron chi connectivity index (χ1n) is 12.6. The van der Waals surface area contributed by atoms with Crippen molar-refractivity contribution < 1.29 is 34.2 Å². The van der Waals surface area contributed by atoms with Crippen LogP contribution in [0, 0.1) is 0 Å². The van der Waals surface area contributed by atoms with E-state index in [1.807, 2.05) is 0 Å². The van der Waals surface area contributed by atoms with Crippen LogP contribution in [0.1, 0.15) is 38.3 Å². The summed E-state index contributed by atoms with van der Waals surface area (Å²) in [5, 5.41) is 28.5. The monoisotopic (exact) mass is 585 g/mol. The van der Waals surface area contributed by atoms with Crippen LogP contribution in [-0.4, -0.2) is 98.8 Å². The molecule has 0 spiro atoms. The van der Waals surface area contributed by atoms with E-state index in [4.69, 9.17) is 23.2 Å². The molecular formula is C25H33Cl2N5O7. The lowest BCUT2D eigenvalue weighted by atomic mass is 10.0. The van der Waals surface area contributed by atoms with Gasteiger partial charge in [-0.2, -0.15) is 0 Å². The maximum absolute atomic E-state index is 13.5. The highest BCUT2D eigenvalue weighted by Gasteiger charge is 2.49. The van der Waals surface area contributed by atoms with Crippen LogP contribution in [0.2, 0.25) is 0 Å². The largest absolute Gasteiger partial charge is 0.394 e. The fourth-order valence-corrected chi connectivity index (χ4v) is 5.17. The van der Waals surface area contributed by atoms with Crippen molar-refractivity contribution >= 4 is 52.7 Å². The van der Waals surface area contributed by atoms with Gasteiger partial charge < -0.3 is 36.4 Å². The summed E-state index contributed by atoms with van der Waals surface area (Å²) in [5.41, 5.74) is 0.554. The predicted octanol–water partition coefficient (Wildman–Crippen LogP) is -1.09. The summed E-state index contributed by atoms with van der Waals surface area (Å²) in [6, 6.07) is 2.37. The van der Waals surface area contributed by atoms with E-state index in [9.17, 15) is 34.2 Å². The molecule has 0 radical (unpaired) electrons. The average molecular weight is 586 g/mol. The summed E-state index contributed by atoms with van der Waals surface area (Å²) in [4.78, 5) is 67.0. The zero-order valence-corrected chi connectivity index (χ0v) is 23.0. The van der Waals surface area contributed by atoms with Crippen molar-refractivity contribution in [2.45, 2.75) is 73.8 Å². The van der Waals surface area contributed by atoms with Gasteiger partial charge in [-0.05, 0) is 18.9 Å². The van der Waals surface area contributed by atoms with Gasteiger partial charge in [-0.3, -0.25) is 24.0 Å². The molecule has 1 aromatic rings. The number of halogens is 2. The summed E-state index contributed by atoms with van der Waals surface area (Å²) in [6.07, 6.45) is -1.57. The fourth-order valence-electron chi connectivity index (χ4n) is 4.56. The highest BCUT2D eigenvalue weighted by atomic mass is 35.5. The van der Waals surface area contributed by atoms with Gasteiger partial charge in [-0.15, -0.1) is 23.2 Å². The molecule has 2 fully saturated rings. The zero-order chi connectivity index (χ0) is 28.9. The number of benzene rings is 1. The lowest BCUT2D eigenvalue weighted by molar-refractivity contribution is -0.144. The molecule has 214 valence electrons.